The molecule has 0 radical (unpaired) electrons. The summed E-state index contributed by atoms with van der Waals surface area (Å²) < 4.78 is 13.3. The van der Waals surface area contributed by atoms with Gasteiger partial charge < -0.3 is 14.0 Å². The van der Waals surface area contributed by atoms with Gasteiger partial charge in [-0.05, 0) is 35.9 Å². The minimum Gasteiger partial charge on any atom is -0.497 e. The van der Waals surface area contributed by atoms with E-state index in [1.807, 2.05) is 47.2 Å². The van der Waals surface area contributed by atoms with E-state index in [9.17, 15) is 0 Å². The molecule has 3 aromatic rings. The smallest absolute Gasteiger partial charge is 0.138 e. The lowest BCUT2D eigenvalue weighted by Gasteiger charge is -2.22. The molecule has 134 valence electrons. The van der Waals surface area contributed by atoms with Gasteiger partial charge in [0, 0.05) is 31.0 Å². The molecule has 0 N–H and O–H groups in total. The molecule has 1 aliphatic rings. The molecule has 2 heterocycles. The molecular weight excluding hydrogens is 348 g/mol. The lowest BCUT2D eigenvalue weighted by atomic mass is 10.2. The van der Waals surface area contributed by atoms with Gasteiger partial charge in [0.05, 0.1) is 24.4 Å². The Labute approximate surface area is 158 Å². The van der Waals surface area contributed by atoms with E-state index in [1.54, 1.807) is 7.11 Å². The Hall–Kier alpha value is -2.27. The highest BCUT2D eigenvalue weighted by Gasteiger charge is 2.27. The van der Waals surface area contributed by atoms with Crippen LogP contribution in [0.15, 0.2) is 67.0 Å². The topological polar surface area (TPSA) is 26.6 Å². The molecule has 4 rings (SSSR count). The summed E-state index contributed by atoms with van der Waals surface area (Å²) in [5, 5.41) is 0.733. The van der Waals surface area contributed by atoms with Crippen molar-refractivity contribution in [3.05, 3.63) is 83.1 Å². The van der Waals surface area contributed by atoms with E-state index in [4.69, 9.17) is 21.1 Å². The second-order valence-electron chi connectivity index (χ2n) is 6.35. The van der Waals surface area contributed by atoms with E-state index in [0.29, 0.717) is 0 Å². The maximum absolute atomic E-state index is 6.32. The van der Waals surface area contributed by atoms with Crippen LogP contribution in [0.25, 0.3) is 5.69 Å². The monoisotopic (exact) mass is 368 g/mol. The first-order valence-electron chi connectivity index (χ1n) is 8.66. The van der Waals surface area contributed by atoms with Gasteiger partial charge in [-0.1, -0.05) is 35.9 Å². The lowest BCUT2D eigenvalue weighted by Crippen LogP contribution is -2.23. The minimum atomic E-state index is -0.0409. The molecule has 1 aliphatic heterocycles. The number of methoxy groups -OCH3 is 1. The van der Waals surface area contributed by atoms with Crippen LogP contribution in [0.4, 0.5) is 0 Å². The summed E-state index contributed by atoms with van der Waals surface area (Å²) in [5.74, 6) is 0.875. The molecule has 1 aromatic heterocycles. The first kappa shape index (κ1) is 17.2. The van der Waals surface area contributed by atoms with Crippen LogP contribution in [-0.4, -0.2) is 29.7 Å². The standard InChI is InChI=1S/C21H21ClN2O2/c1-25-18-8-6-16(7-9-18)14-24-12-13-26-21(24)17-10-11-23(15-17)20-5-3-2-4-19(20)22/h2-11,15,21H,12-14H2,1H3/t21-/m1/s1. The summed E-state index contributed by atoms with van der Waals surface area (Å²) in [6, 6.07) is 18.1. The van der Waals surface area contributed by atoms with Crippen molar-refractivity contribution < 1.29 is 9.47 Å². The van der Waals surface area contributed by atoms with Gasteiger partial charge in [-0.15, -0.1) is 0 Å². The van der Waals surface area contributed by atoms with Gasteiger partial charge in [-0.3, -0.25) is 4.90 Å². The molecule has 0 saturated carbocycles. The summed E-state index contributed by atoms with van der Waals surface area (Å²) in [5.41, 5.74) is 3.35. The number of ether oxygens (including phenoxy) is 2. The third-order valence-corrected chi connectivity index (χ3v) is 4.98. The van der Waals surface area contributed by atoms with E-state index < -0.39 is 0 Å². The first-order chi connectivity index (χ1) is 12.7. The number of nitrogens with zero attached hydrogens (tertiary/aromatic N) is 2. The highest BCUT2D eigenvalue weighted by molar-refractivity contribution is 6.32. The Bertz CT molecular complexity index is 876. The Kier molecular flexibility index (Phi) is 4.98. The van der Waals surface area contributed by atoms with Crippen molar-refractivity contribution >= 4 is 11.6 Å². The van der Waals surface area contributed by atoms with Gasteiger partial charge in [0.2, 0.25) is 0 Å². The molecule has 5 heteroatoms. The molecular formula is C21H21ClN2O2. The van der Waals surface area contributed by atoms with Crippen molar-refractivity contribution in [3.63, 3.8) is 0 Å². The highest BCUT2D eigenvalue weighted by Crippen LogP contribution is 2.30. The van der Waals surface area contributed by atoms with Gasteiger partial charge in [0.15, 0.2) is 0 Å². The van der Waals surface area contributed by atoms with Gasteiger partial charge in [-0.2, -0.15) is 0 Å². The third-order valence-electron chi connectivity index (χ3n) is 4.66. The van der Waals surface area contributed by atoms with Crippen LogP contribution in [0.3, 0.4) is 0 Å². The largest absolute Gasteiger partial charge is 0.497 e. The fourth-order valence-electron chi connectivity index (χ4n) is 3.31. The Morgan fingerprint density at radius 1 is 1.12 bits per heavy atom. The third kappa shape index (κ3) is 3.49. The SMILES string of the molecule is COc1ccc(CN2CCO[C@@H]2c2ccn(-c3ccccc3Cl)c2)cc1. The Balaban J connectivity index is 1.52. The van der Waals surface area contributed by atoms with Crippen molar-refractivity contribution in [2.45, 2.75) is 12.8 Å². The number of para-hydroxylation sites is 1. The molecule has 26 heavy (non-hydrogen) atoms. The van der Waals surface area contributed by atoms with Gasteiger partial charge in [0.1, 0.15) is 12.0 Å². The fourth-order valence-corrected chi connectivity index (χ4v) is 3.54. The first-order valence-corrected chi connectivity index (χ1v) is 9.04. The van der Waals surface area contributed by atoms with Crippen LogP contribution < -0.4 is 4.74 Å². The van der Waals surface area contributed by atoms with Crippen molar-refractivity contribution in [1.82, 2.24) is 9.47 Å². The molecule has 0 unspecified atom stereocenters. The van der Waals surface area contributed by atoms with Crippen LogP contribution in [0.2, 0.25) is 5.02 Å². The van der Waals surface area contributed by atoms with Crippen LogP contribution in [0.5, 0.6) is 5.75 Å². The van der Waals surface area contributed by atoms with Crippen molar-refractivity contribution in [3.8, 4) is 11.4 Å². The number of hydrogen-bond acceptors (Lipinski definition) is 3. The predicted octanol–water partition coefficient (Wildman–Crippen LogP) is 4.67. The summed E-state index contributed by atoms with van der Waals surface area (Å²) in [6.45, 7) is 2.48. The van der Waals surface area contributed by atoms with E-state index in [2.05, 4.69) is 29.3 Å². The van der Waals surface area contributed by atoms with E-state index in [-0.39, 0.29) is 6.23 Å². The van der Waals surface area contributed by atoms with Crippen LogP contribution in [-0.2, 0) is 11.3 Å². The van der Waals surface area contributed by atoms with Gasteiger partial charge in [0.25, 0.3) is 0 Å². The molecule has 4 nitrogen and oxygen atoms in total. The van der Waals surface area contributed by atoms with E-state index in [0.717, 1.165) is 41.7 Å². The van der Waals surface area contributed by atoms with Crippen LogP contribution in [0.1, 0.15) is 17.4 Å². The number of benzene rings is 2. The average molecular weight is 369 g/mol. The Morgan fingerprint density at radius 3 is 2.69 bits per heavy atom. The number of halogens is 1. The quantitative estimate of drug-likeness (QED) is 0.654. The summed E-state index contributed by atoms with van der Waals surface area (Å²) in [6.07, 6.45) is 4.09. The average Bonchev–Trinajstić information content (AvgIpc) is 3.32. The molecule has 0 bridgehead atoms. The molecule has 2 aromatic carbocycles. The molecule has 1 atom stereocenters. The van der Waals surface area contributed by atoms with E-state index in [1.165, 1.54) is 5.56 Å². The van der Waals surface area contributed by atoms with Crippen LogP contribution >= 0.6 is 11.6 Å². The zero-order valence-corrected chi connectivity index (χ0v) is 15.4. The number of aromatic nitrogens is 1. The molecule has 1 saturated heterocycles. The zero-order valence-electron chi connectivity index (χ0n) is 14.6. The maximum Gasteiger partial charge on any atom is 0.138 e. The predicted molar refractivity (Wildman–Crippen MR) is 103 cm³/mol. The van der Waals surface area contributed by atoms with Gasteiger partial charge >= 0.3 is 0 Å². The summed E-state index contributed by atoms with van der Waals surface area (Å²) >= 11 is 6.32. The second-order valence-corrected chi connectivity index (χ2v) is 6.75. The molecule has 0 spiro atoms. The Morgan fingerprint density at radius 2 is 1.92 bits per heavy atom. The number of hydrogen-bond donors (Lipinski definition) is 0. The highest BCUT2D eigenvalue weighted by atomic mass is 35.5. The normalized spacial score (nSPS) is 17.5. The number of rotatable bonds is 5. The molecule has 0 amide bonds. The van der Waals surface area contributed by atoms with Gasteiger partial charge in [-0.25, -0.2) is 0 Å². The second kappa shape index (κ2) is 7.54. The van der Waals surface area contributed by atoms with E-state index >= 15 is 0 Å². The van der Waals surface area contributed by atoms with Crippen molar-refractivity contribution in [1.29, 1.82) is 0 Å². The van der Waals surface area contributed by atoms with Crippen LogP contribution in [0, 0.1) is 0 Å². The summed E-state index contributed by atoms with van der Waals surface area (Å²) in [4.78, 5) is 2.34. The minimum absolute atomic E-state index is 0.0409. The molecule has 0 aliphatic carbocycles. The maximum atomic E-state index is 6.32. The fraction of sp³-hybridized carbons (Fsp3) is 0.238. The van der Waals surface area contributed by atoms with Crippen molar-refractivity contribution in [2.75, 3.05) is 20.3 Å². The lowest BCUT2D eigenvalue weighted by molar-refractivity contribution is 0.0288. The summed E-state index contributed by atoms with van der Waals surface area (Å²) in [7, 11) is 1.68. The molecule has 1 fully saturated rings. The zero-order chi connectivity index (χ0) is 17.9. The van der Waals surface area contributed by atoms with Crippen molar-refractivity contribution in [2.24, 2.45) is 0 Å².